The third-order valence-electron chi connectivity index (χ3n) is 9.48. The maximum absolute atomic E-state index is 14.6. The van der Waals surface area contributed by atoms with Crippen molar-refractivity contribution in [3.05, 3.63) is 52.6 Å². The monoisotopic (exact) mass is 626 g/mol. The second-order valence-electron chi connectivity index (χ2n) is 12.6. The van der Waals surface area contributed by atoms with Crippen LogP contribution in [0.1, 0.15) is 33.5 Å². The molecule has 2 unspecified atom stereocenters. The Morgan fingerprint density at radius 2 is 1.67 bits per heavy atom. The highest BCUT2D eigenvalue weighted by Crippen LogP contribution is 2.57. The summed E-state index contributed by atoms with van der Waals surface area (Å²) in [5.74, 6) is -3.86. The van der Waals surface area contributed by atoms with E-state index in [0.717, 1.165) is 0 Å². The van der Waals surface area contributed by atoms with Crippen molar-refractivity contribution >= 4 is 34.7 Å². The van der Waals surface area contributed by atoms with Gasteiger partial charge >= 0.3 is 0 Å². The minimum Gasteiger partial charge on any atom is -0.506 e. The van der Waals surface area contributed by atoms with Gasteiger partial charge in [-0.1, -0.05) is 11.8 Å². The number of hydrogen-bond acceptors (Lipinski definition) is 12. The highest BCUT2D eigenvalue weighted by Gasteiger charge is 2.78. The lowest BCUT2D eigenvalue weighted by Crippen LogP contribution is -2.85. The van der Waals surface area contributed by atoms with Crippen molar-refractivity contribution in [1.82, 2.24) is 4.90 Å². The first kappa shape index (κ1) is 32.3. The van der Waals surface area contributed by atoms with E-state index in [1.165, 1.54) is 26.1 Å². The number of amides is 1. The van der Waals surface area contributed by atoms with Gasteiger partial charge in [0.15, 0.2) is 34.5 Å². The van der Waals surface area contributed by atoms with Crippen LogP contribution >= 0.6 is 0 Å². The third kappa shape index (κ3) is 4.24. The summed E-state index contributed by atoms with van der Waals surface area (Å²) in [6, 6.07) is 8.69. The number of primary amides is 1. The van der Waals surface area contributed by atoms with E-state index in [2.05, 4.69) is 11.8 Å². The number of nitrogens with zero attached hydrogens (tertiary/aromatic N) is 3. The van der Waals surface area contributed by atoms with Gasteiger partial charge in [0, 0.05) is 30.9 Å². The van der Waals surface area contributed by atoms with Gasteiger partial charge in [0.1, 0.15) is 17.4 Å². The molecular formula is C33H34N6O7. The molecule has 3 aliphatic rings. The number of ether oxygens (including phenoxy) is 1. The predicted molar refractivity (Wildman–Crippen MR) is 165 cm³/mol. The van der Waals surface area contributed by atoms with Gasteiger partial charge in [-0.25, -0.2) is 0 Å². The lowest BCUT2D eigenvalue weighted by Gasteiger charge is -2.60. The summed E-state index contributed by atoms with van der Waals surface area (Å²) in [6.07, 6.45) is -0.673. The highest BCUT2D eigenvalue weighted by molar-refractivity contribution is 6.33. The minimum atomic E-state index is -2.82. The number of phenolic OH excluding ortho intramolecular Hbond substituents is 1. The zero-order valence-corrected chi connectivity index (χ0v) is 26.0. The molecule has 5 rings (SSSR count). The third-order valence-corrected chi connectivity index (χ3v) is 9.48. The molecule has 238 valence electrons. The van der Waals surface area contributed by atoms with E-state index in [1.54, 1.807) is 55.4 Å². The molecule has 0 spiro atoms. The van der Waals surface area contributed by atoms with Gasteiger partial charge in [0.25, 0.3) is 0 Å². The van der Waals surface area contributed by atoms with Crippen molar-refractivity contribution in [1.29, 1.82) is 5.26 Å². The Morgan fingerprint density at radius 3 is 2.20 bits per heavy atom. The molecule has 46 heavy (non-hydrogen) atoms. The number of methoxy groups -OCH3 is 1. The van der Waals surface area contributed by atoms with Gasteiger partial charge in [-0.15, -0.1) is 0 Å². The second kappa shape index (κ2) is 10.8. The van der Waals surface area contributed by atoms with Gasteiger partial charge in [-0.3, -0.25) is 28.9 Å². The summed E-state index contributed by atoms with van der Waals surface area (Å²) >= 11 is 0. The van der Waals surface area contributed by atoms with Gasteiger partial charge in [-0.05, 0) is 62.8 Å². The summed E-state index contributed by atoms with van der Waals surface area (Å²) in [5.41, 5.74) is 13.6. The topological polar surface area (TPSA) is 223 Å². The van der Waals surface area contributed by atoms with E-state index in [4.69, 9.17) is 21.9 Å². The van der Waals surface area contributed by atoms with Crippen LogP contribution in [0.2, 0.25) is 0 Å². The van der Waals surface area contributed by atoms with Crippen LogP contribution in [-0.2, 0) is 25.6 Å². The van der Waals surface area contributed by atoms with E-state index in [1.807, 2.05) is 0 Å². The van der Waals surface area contributed by atoms with Crippen LogP contribution in [0.3, 0.4) is 0 Å². The van der Waals surface area contributed by atoms with Gasteiger partial charge in [-0.2, -0.15) is 5.26 Å². The largest absolute Gasteiger partial charge is 0.506 e. The molecule has 2 aromatic rings. The Balaban J connectivity index is 1.73. The number of nitriles is 1. The summed E-state index contributed by atoms with van der Waals surface area (Å²) < 4.78 is 5.17. The molecule has 0 bridgehead atoms. The molecule has 7 N–H and O–H groups in total. The van der Waals surface area contributed by atoms with Crippen molar-refractivity contribution in [2.45, 2.75) is 30.0 Å². The number of hydrogen-bond donors (Lipinski definition) is 4. The molecule has 0 heterocycles. The van der Waals surface area contributed by atoms with Crippen LogP contribution in [-0.4, -0.2) is 91.5 Å². The van der Waals surface area contributed by atoms with E-state index in [9.17, 15) is 34.3 Å². The molecule has 3 aliphatic carbocycles. The summed E-state index contributed by atoms with van der Waals surface area (Å²) in [7, 11) is 7.87. The van der Waals surface area contributed by atoms with Gasteiger partial charge in [0.05, 0.1) is 35.9 Å². The van der Waals surface area contributed by atoms with E-state index in [-0.39, 0.29) is 17.5 Å². The number of aromatic hydroxyl groups is 1. The first-order chi connectivity index (χ1) is 21.5. The van der Waals surface area contributed by atoms with E-state index < -0.39 is 75.6 Å². The Morgan fingerprint density at radius 1 is 1.04 bits per heavy atom. The van der Waals surface area contributed by atoms with Gasteiger partial charge in [0.2, 0.25) is 5.91 Å². The number of Topliss-reactive ketones (excluding diaryl/α,β-unsaturated/α-hetero) is 4. The molecule has 6 atom stereocenters. The number of nitrogens with two attached hydrogens (primary N) is 3. The molecule has 13 heteroatoms. The number of fused-ring (bicyclic) bond motifs is 3. The Kier molecular flexibility index (Phi) is 7.57. The highest BCUT2D eigenvalue weighted by atomic mass is 16.5. The Bertz CT molecular complexity index is 1840. The zero-order valence-electron chi connectivity index (χ0n) is 26.0. The van der Waals surface area contributed by atoms with Crippen LogP contribution in [0, 0.1) is 40.4 Å². The molecule has 2 fully saturated rings. The standard InChI is InChI=1S/C33H34N6O7/c1-38(2)20-12-17(9-6-16-7-10-18(46-5)11-8-16)24(40)21-19(20)13-31(36)14-33(37)27(39(3)4)26(42)22(30(35)45)28(43)32(33,15-34)29(44)23(31)25(21)41/h7-8,10-12,22-23,27,40H,13-14,36-37H2,1-5H3,(H2,35,45)/t22?,23?,27-,31-,32+,33-/m1/s1. The average molecular weight is 627 g/mol. The fourth-order valence-electron chi connectivity index (χ4n) is 7.56. The molecule has 0 aromatic heterocycles. The Labute approximate surface area is 265 Å². The number of phenols is 1. The summed E-state index contributed by atoms with van der Waals surface area (Å²) in [6.45, 7) is 0. The molecule has 0 radical (unpaired) electrons. The number of ketones is 4. The maximum atomic E-state index is 14.6. The minimum absolute atomic E-state index is 0.0865. The number of carbonyl (C=O) groups excluding carboxylic acids is 5. The predicted octanol–water partition coefficient (Wildman–Crippen LogP) is -0.717. The van der Waals surface area contributed by atoms with Crippen molar-refractivity contribution in [2.75, 3.05) is 40.2 Å². The maximum Gasteiger partial charge on any atom is 0.235 e. The van der Waals surface area contributed by atoms with Crippen LogP contribution in [0.25, 0.3) is 0 Å². The lowest BCUT2D eigenvalue weighted by molar-refractivity contribution is -0.166. The number of rotatable bonds is 4. The normalized spacial score (nSPS) is 29.9. The fourth-order valence-corrected chi connectivity index (χ4v) is 7.56. The number of anilines is 1. The first-order valence-corrected chi connectivity index (χ1v) is 14.3. The molecule has 1 amide bonds. The molecule has 2 aromatic carbocycles. The van der Waals surface area contributed by atoms with Crippen molar-refractivity contribution in [3.8, 4) is 29.4 Å². The number of likely N-dealkylation sites (N-methyl/N-ethyl adjacent to an activating group) is 1. The second-order valence-corrected chi connectivity index (χ2v) is 12.6. The SMILES string of the molecule is COc1ccc(C#Cc2cc(N(C)C)c3c(c2O)C(=O)C2C(=O)[C@]4(C#N)C(=O)C(C(N)=O)C(=O)[C@@H](N(C)C)[C@]4(N)C[C@]2(N)C3)cc1. The van der Waals surface area contributed by atoms with Crippen molar-refractivity contribution in [3.63, 3.8) is 0 Å². The Hall–Kier alpha value is -5.08. The average Bonchev–Trinajstić information content (AvgIpc) is 2.95. The van der Waals surface area contributed by atoms with Crippen LogP contribution in [0.5, 0.6) is 11.5 Å². The molecule has 13 nitrogen and oxygen atoms in total. The van der Waals surface area contributed by atoms with Crippen LogP contribution in [0.15, 0.2) is 30.3 Å². The first-order valence-electron chi connectivity index (χ1n) is 14.3. The van der Waals surface area contributed by atoms with E-state index >= 15 is 0 Å². The lowest BCUT2D eigenvalue weighted by atomic mass is 9.42. The quantitative estimate of drug-likeness (QED) is 0.244. The van der Waals surface area contributed by atoms with Crippen molar-refractivity contribution < 1.29 is 33.8 Å². The van der Waals surface area contributed by atoms with Crippen molar-refractivity contribution in [2.24, 2.45) is 34.5 Å². The van der Waals surface area contributed by atoms with E-state index in [0.29, 0.717) is 22.6 Å². The summed E-state index contributed by atoms with van der Waals surface area (Å²) in [4.78, 5) is 71.9. The summed E-state index contributed by atoms with van der Waals surface area (Å²) in [5, 5.41) is 22.0. The number of carbonyl (C=O) groups is 5. The molecule has 0 aliphatic heterocycles. The smallest absolute Gasteiger partial charge is 0.235 e. The molecular weight excluding hydrogens is 592 g/mol. The van der Waals surface area contributed by atoms with Crippen LogP contribution in [0.4, 0.5) is 5.69 Å². The fraction of sp³-hybridized carbons (Fsp3) is 0.394. The molecule has 0 saturated heterocycles. The zero-order chi connectivity index (χ0) is 34.1. The molecule has 2 saturated carbocycles. The van der Waals surface area contributed by atoms with Crippen LogP contribution < -0.4 is 26.8 Å². The van der Waals surface area contributed by atoms with Gasteiger partial charge < -0.3 is 31.9 Å². The number of benzene rings is 2.